The van der Waals surface area contributed by atoms with E-state index >= 15 is 0 Å². The third kappa shape index (κ3) is 2.39. The van der Waals surface area contributed by atoms with E-state index in [1.807, 2.05) is 4.98 Å². The molecule has 0 amide bonds. The Morgan fingerprint density at radius 3 is 2.79 bits per heavy atom. The van der Waals surface area contributed by atoms with Gasteiger partial charge in [-0.25, -0.2) is 9.48 Å². The lowest BCUT2D eigenvalue weighted by molar-refractivity contribution is 0.373. The molecule has 0 unspecified atom stereocenters. The van der Waals surface area contributed by atoms with E-state index < -0.39 is 22.2 Å². The zero-order valence-corrected chi connectivity index (χ0v) is 10.9. The van der Waals surface area contributed by atoms with Gasteiger partial charge in [0.25, 0.3) is 5.56 Å². The van der Waals surface area contributed by atoms with E-state index in [9.17, 15) is 14.0 Å². The fourth-order valence-electron chi connectivity index (χ4n) is 1.60. The highest BCUT2D eigenvalue weighted by Gasteiger charge is 2.14. The van der Waals surface area contributed by atoms with Gasteiger partial charge in [-0.05, 0) is 0 Å². The largest absolute Gasteiger partial charge is 0.481 e. The quantitative estimate of drug-likeness (QED) is 0.813. The zero-order chi connectivity index (χ0) is 14.2. The number of H-pyrrole nitrogens is 1. The number of hydrogen-bond acceptors (Lipinski definition) is 4. The van der Waals surface area contributed by atoms with E-state index in [1.165, 1.54) is 11.8 Å². The van der Waals surface area contributed by atoms with Crippen LogP contribution in [-0.2, 0) is 13.6 Å². The second-order valence-electron chi connectivity index (χ2n) is 3.75. The van der Waals surface area contributed by atoms with Crippen molar-refractivity contribution in [1.82, 2.24) is 19.3 Å². The molecule has 0 fully saturated rings. The van der Waals surface area contributed by atoms with E-state index in [1.54, 1.807) is 13.1 Å². The summed E-state index contributed by atoms with van der Waals surface area (Å²) in [4.78, 5) is 25.2. The molecular formula is C10H10ClFN4O3. The lowest BCUT2D eigenvalue weighted by Crippen LogP contribution is -2.37. The Balaban J connectivity index is 2.47. The maximum absolute atomic E-state index is 13.3. The standard InChI is InChI=1S/C10H10ClFN4O3/c1-15-6(19-2)3-5(14-15)4-16-9(17)7(12)8(11)13-10(16)18/h3H,4H2,1-2H3,(H,13,18). The van der Waals surface area contributed by atoms with Gasteiger partial charge in [-0.1, -0.05) is 11.6 Å². The minimum Gasteiger partial charge on any atom is -0.481 e. The van der Waals surface area contributed by atoms with Crippen molar-refractivity contribution in [3.8, 4) is 5.88 Å². The third-order valence-electron chi connectivity index (χ3n) is 2.50. The molecule has 0 bridgehead atoms. The topological polar surface area (TPSA) is 81.9 Å². The number of methoxy groups -OCH3 is 1. The maximum atomic E-state index is 13.3. The Hall–Kier alpha value is -2.09. The van der Waals surface area contributed by atoms with Crippen LogP contribution in [-0.4, -0.2) is 26.4 Å². The van der Waals surface area contributed by atoms with Gasteiger partial charge in [-0.3, -0.25) is 14.3 Å². The van der Waals surface area contributed by atoms with Gasteiger partial charge in [0.15, 0.2) is 5.15 Å². The summed E-state index contributed by atoms with van der Waals surface area (Å²) >= 11 is 5.36. The SMILES string of the molecule is COc1cc(Cn2c(=O)[nH]c(Cl)c(F)c2=O)nn1C. The summed E-state index contributed by atoms with van der Waals surface area (Å²) in [5, 5.41) is 3.43. The van der Waals surface area contributed by atoms with Crippen LogP contribution in [0, 0.1) is 5.82 Å². The van der Waals surface area contributed by atoms with Gasteiger partial charge in [0, 0.05) is 13.1 Å². The molecule has 0 aromatic carbocycles. The van der Waals surface area contributed by atoms with E-state index in [-0.39, 0.29) is 6.54 Å². The highest BCUT2D eigenvalue weighted by molar-refractivity contribution is 6.29. The summed E-state index contributed by atoms with van der Waals surface area (Å²) in [6, 6.07) is 1.54. The number of ether oxygens (including phenoxy) is 1. The monoisotopic (exact) mass is 288 g/mol. The molecule has 0 aliphatic carbocycles. The Morgan fingerprint density at radius 2 is 2.21 bits per heavy atom. The highest BCUT2D eigenvalue weighted by atomic mass is 35.5. The Kier molecular flexibility index (Phi) is 3.43. The molecule has 0 saturated carbocycles. The van der Waals surface area contributed by atoms with Crippen molar-refractivity contribution in [2.24, 2.45) is 7.05 Å². The van der Waals surface area contributed by atoms with E-state index in [0.29, 0.717) is 16.1 Å². The molecule has 0 spiro atoms. The molecule has 2 heterocycles. The van der Waals surface area contributed by atoms with Crippen molar-refractivity contribution in [3.63, 3.8) is 0 Å². The van der Waals surface area contributed by atoms with E-state index in [0.717, 1.165) is 0 Å². The lowest BCUT2D eigenvalue weighted by atomic mass is 10.4. The van der Waals surface area contributed by atoms with E-state index in [2.05, 4.69) is 5.10 Å². The van der Waals surface area contributed by atoms with Crippen LogP contribution in [0.25, 0.3) is 0 Å². The number of nitrogens with one attached hydrogen (secondary N) is 1. The molecule has 0 radical (unpaired) electrons. The van der Waals surface area contributed by atoms with Crippen molar-refractivity contribution in [2.45, 2.75) is 6.54 Å². The zero-order valence-electron chi connectivity index (χ0n) is 10.1. The van der Waals surface area contributed by atoms with Crippen molar-refractivity contribution in [3.05, 3.63) is 43.6 Å². The van der Waals surface area contributed by atoms with Gasteiger partial charge < -0.3 is 4.74 Å². The molecule has 2 rings (SSSR count). The van der Waals surface area contributed by atoms with Gasteiger partial charge in [0.2, 0.25) is 11.7 Å². The Labute approximate surface area is 111 Å². The molecule has 102 valence electrons. The average Bonchev–Trinajstić information content (AvgIpc) is 2.72. The second-order valence-corrected chi connectivity index (χ2v) is 4.13. The highest BCUT2D eigenvalue weighted by Crippen LogP contribution is 2.11. The number of aryl methyl sites for hydroxylation is 1. The maximum Gasteiger partial charge on any atom is 0.330 e. The third-order valence-corrected chi connectivity index (χ3v) is 2.76. The molecule has 2 aromatic heterocycles. The molecule has 0 saturated heterocycles. The summed E-state index contributed by atoms with van der Waals surface area (Å²) in [6.07, 6.45) is 0. The van der Waals surface area contributed by atoms with Crippen molar-refractivity contribution in [2.75, 3.05) is 7.11 Å². The fraction of sp³-hybridized carbons (Fsp3) is 0.300. The minimum atomic E-state index is -1.20. The molecule has 1 N–H and O–H groups in total. The summed E-state index contributed by atoms with van der Waals surface area (Å²) < 4.78 is 20.4. The predicted octanol–water partition coefficient (Wildman–Crippen LogP) is 0.119. The van der Waals surface area contributed by atoms with Crippen LogP contribution in [0.2, 0.25) is 5.15 Å². The number of aromatic amines is 1. The molecule has 0 aliphatic rings. The Morgan fingerprint density at radius 1 is 1.53 bits per heavy atom. The minimum absolute atomic E-state index is 0.181. The molecule has 0 aliphatic heterocycles. The number of aromatic nitrogens is 4. The van der Waals surface area contributed by atoms with Gasteiger partial charge >= 0.3 is 5.69 Å². The summed E-state index contributed by atoms with van der Waals surface area (Å²) in [5.41, 5.74) is -1.52. The first-order chi connectivity index (χ1) is 8.93. The molecule has 7 nitrogen and oxygen atoms in total. The Bertz CT molecular complexity index is 733. The van der Waals surface area contributed by atoms with Crippen LogP contribution in [0.4, 0.5) is 4.39 Å². The normalized spacial score (nSPS) is 10.7. The van der Waals surface area contributed by atoms with Crippen LogP contribution >= 0.6 is 11.6 Å². The first-order valence-corrected chi connectivity index (χ1v) is 5.57. The van der Waals surface area contributed by atoms with Gasteiger partial charge in [0.05, 0.1) is 19.3 Å². The first kappa shape index (κ1) is 13.3. The first-order valence-electron chi connectivity index (χ1n) is 5.19. The number of hydrogen-bond donors (Lipinski definition) is 1. The van der Waals surface area contributed by atoms with Gasteiger partial charge in [-0.2, -0.15) is 9.49 Å². The van der Waals surface area contributed by atoms with Crippen molar-refractivity contribution in [1.29, 1.82) is 0 Å². The van der Waals surface area contributed by atoms with Crippen molar-refractivity contribution >= 4 is 11.6 Å². The second kappa shape index (κ2) is 4.88. The van der Waals surface area contributed by atoms with Crippen molar-refractivity contribution < 1.29 is 9.13 Å². The molecule has 2 aromatic rings. The lowest BCUT2D eigenvalue weighted by Gasteiger charge is -2.02. The van der Waals surface area contributed by atoms with Crippen LogP contribution < -0.4 is 16.0 Å². The number of nitrogens with zero attached hydrogens (tertiary/aromatic N) is 3. The summed E-state index contributed by atoms with van der Waals surface area (Å²) in [5.74, 6) is -0.752. The smallest absolute Gasteiger partial charge is 0.330 e. The predicted molar refractivity (Wildman–Crippen MR) is 65.2 cm³/mol. The summed E-state index contributed by atoms with van der Waals surface area (Å²) in [7, 11) is 3.10. The average molecular weight is 289 g/mol. The molecule has 19 heavy (non-hydrogen) atoms. The van der Waals surface area contributed by atoms with Crippen LogP contribution in [0.3, 0.4) is 0 Å². The fourth-order valence-corrected chi connectivity index (χ4v) is 1.76. The molecular weight excluding hydrogens is 279 g/mol. The number of rotatable bonds is 3. The van der Waals surface area contributed by atoms with Crippen LogP contribution in [0.5, 0.6) is 5.88 Å². The van der Waals surface area contributed by atoms with Crippen LogP contribution in [0.1, 0.15) is 5.69 Å². The molecule has 0 atom stereocenters. The van der Waals surface area contributed by atoms with Gasteiger partial charge in [-0.15, -0.1) is 0 Å². The van der Waals surface area contributed by atoms with Gasteiger partial charge in [0.1, 0.15) is 0 Å². The molecule has 9 heteroatoms. The number of halogens is 2. The van der Waals surface area contributed by atoms with E-state index in [4.69, 9.17) is 16.3 Å². The summed E-state index contributed by atoms with van der Waals surface area (Å²) in [6.45, 7) is -0.181. The van der Waals surface area contributed by atoms with Crippen LogP contribution in [0.15, 0.2) is 15.7 Å².